The molecule has 0 saturated carbocycles. The van der Waals surface area contributed by atoms with Gasteiger partial charge in [-0.25, -0.2) is 4.68 Å². The van der Waals surface area contributed by atoms with Crippen molar-refractivity contribution >= 4 is 17.6 Å². The fraction of sp³-hybridized carbons (Fsp3) is 0.263. The summed E-state index contributed by atoms with van der Waals surface area (Å²) in [5.41, 5.74) is 3.32. The number of rotatable bonds is 5. The number of hydrogen-bond donors (Lipinski definition) is 1. The molecule has 0 radical (unpaired) electrons. The first-order valence-electron chi connectivity index (χ1n) is 8.39. The van der Waals surface area contributed by atoms with E-state index in [4.69, 9.17) is 11.6 Å². The van der Waals surface area contributed by atoms with Gasteiger partial charge in [-0.1, -0.05) is 29.8 Å². The van der Waals surface area contributed by atoms with E-state index in [-0.39, 0.29) is 0 Å². The Morgan fingerprint density at radius 3 is 2.77 bits per heavy atom. The Balaban J connectivity index is 1.69. The fourth-order valence-corrected chi connectivity index (χ4v) is 3.17. The maximum atomic E-state index is 6.08. The van der Waals surface area contributed by atoms with Crippen LogP contribution < -0.4 is 5.32 Å². The second-order valence-corrected chi connectivity index (χ2v) is 6.53. The Morgan fingerprint density at radius 1 is 1.31 bits per heavy atom. The van der Waals surface area contributed by atoms with Gasteiger partial charge in [0.15, 0.2) is 5.96 Å². The molecule has 136 valence electrons. The van der Waals surface area contributed by atoms with Crippen molar-refractivity contribution < 1.29 is 0 Å². The second-order valence-electron chi connectivity index (χ2n) is 6.10. The molecule has 0 saturated heterocycles. The Labute approximate surface area is 158 Å². The van der Waals surface area contributed by atoms with Gasteiger partial charge in [0.1, 0.15) is 0 Å². The molecule has 0 amide bonds. The van der Waals surface area contributed by atoms with Crippen LogP contribution in [0.4, 0.5) is 0 Å². The molecule has 3 aromatic rings. The van der Waals surface area contributed by atoms with E-state index >= 15 is 0 Å². The molecule has 1 aromatic carbocycles. The van der Waals surface area contributed by atoms with Gasteiger partial charge in [0, 0.05) is 52.0 Å². The van der Waals surface area contributed by atoms with Gasteiger partial charge < -0.3 is 14.8 Å². The first kappa shape index (κ1) is 18.1. The monoisotopic (exact) mass is 370 g/mol. The van der Waals surface area contributed by atoms with E-state index in [0.717, 1.165) is 27.9 Å². The highest BCUT2D eigenvalue weighted by Crippen LogP contribution is 2.15. The molecule has 0 aliphatic heterocycles. The molecule has 26 heavy (non-hydrogen) atoms. The average Bonchev–Trinajstić information content (AvgIpc) is 3.26. The molecule has 0 bridgehead atoms. The molecule has 0 fully saturated rings. The molecule has 7 heteroatoms. The van der Waals surface area contributed by atoms with Crippen LogP contribution in [-0.2, 0) is 20.1 Å². The van der Waals surface area contributed by atoms with Crippen LogP contribution in [0.5, 0.6) is 0 Å². The summed E-state index contributed by atoms with van der Waals surface area (Å²) in [5.74, 6) is 0.817. The van der Waals surface area contributed by atoms with Crippen molar-refractivity contribution in [3.8, 4) is 5.69 Å². The Kier molecular flexibility index (Phi) is 5.63. The number of nitrogens with one attached hydrogen (secondary N) is 1. The number of nitrogens with zero attached hydrogens (tertiary/aromatic N) is 5. The molecule has 0 aliphatic rings. The molecule has 0 unspecified atom stereocenters. The van der Waals surface area contributed by atoms with Crippen LogP contribution >= 0.6 is 11.6 Å². The van der Waals surface area contributed by atoms with Crippen molar-refractivity contribution in [2.75, 3.05) is 14.1 Å². The first-order chi connectivity index (χ1) is 12.6. The van der Waals surface area contributed by atoms with Crippen molar-refractivity contribution in [1.82, 2.24) is 24.6 Å². The molecule has 0 aliphatic carbocycles. The minimum absolute atomic E-state index is 0.654. The van der Waals surface area contributed by atoms with Gasteiger partial charge in [0.25, 0.3) is 0 Å². The Hall–Kier alpha value is -2.73. The summed E-state index contributed by atoms with van der Waals surface area (Å²) in [5, 5.41) is 8.50. The van der Waals surface area contributed by atoms with Gasteiger partial charge in [0.05, 0.1) is 17.3 Å². The maximum absolute atomic E-state index is 6.08. The average molecular weight is 371 g/mol. The minimum Gasteiger partial charge on any atom is -0.352 e. The number of guanidine groups is 1. The summed E-state index contributed by atoms with van der Waals surface area (Å²) in [4.78, 5) is 6.47. The number of aryl methyl sites for hydroxylation is 1. The van der Waals surface area contributed by atoms with Gasteiger partial charge >= 0.3 is 0 Å². The van der Waals surface area contributed by atoms with Gasteiger partial charge in [0.2, 0.25) is 0 Å². The highest BCUT2D eigenvalue weighted by Gasteiger charge is 2.11. The normalized spacial score (nSPS) is 11.6. The second kappa shape index (κ2) is 8.10. The zero-order valence-electron chi connectivity index (χ0n) is 15.2. The number of benzene rings is 1. The predicted octanol–water partition coefficient (Wildman–Crippen LogP) is 3.07. The molecule has 2 heterocycles. The van der Waals surface area contributed by atoms with Gasteiger partial charge in [-0.05, 0) is 23.8 Å². The van der Waals surface area contributed by atoms with Crippen molar-refractivity contribution in [3.63, 3.8) is 0 Å². The molecule has 3 rings (SSSR count). The lowest BCUT2D eigenvalue weighted by Crippen LogP contribution is -2.38. The van der Waals surface area contributed by atoms with E-state index < -0.39 is 0 Å². The molecular weight excluding hydrogens is 348 g/mol. The van der Waals surface area contributed by atoms with E-state index in [1.807, 2.05) is 60.0 Å². The quantitative estimate of drug-likeness (QED) is 0.554. The van der Waals surface area contributed by atoms with Crippen molar-refractivity contribution in [2.24, 2.45) is 12.0 Å². The number of hydrogen-bond acceptors (Lipinski definition) is 2. The number of para-hydroxylation sites is 1. The predicted molar refractivity (Wildman–Crippen MR) is 106 cm³/mol. The van der Waals surface area contributed by atoms with E-state index in [1.54, 1.807) is 13.2 Å². The van der Waals surface area contributed by atoms with Crippen LogP contribution in [0.25, 0.3) is 5.69 Å². The molecule has 1 N–H and O–H groups in total. The van der Waals surface area contributed by atoms with Crippen LogP contribution in [-0.4, -0.2) is 39.3 Å². The van der Waals surface area contributed by atoms with Crippen LogP contribution in [0, 0.1) is 0 Å². The van der Waals surface area contributed by atoms with Crippen LogP contribution in [0.1, 0.15) is 11.3 Å². The number of aromatic nitrogens is 3. The highest BCUT2D eigenvalue weighted by molar-refractivity contribution is 6.30. The van der Waals surface area contributed by atoms with E-state index in [9.17, 15) is 0 Å². The van der Waals surface area contributed by atoms with E-state index in [0.29, 0.717) is 13.1 Å². The molecule has 0 spiro atoms. The molecule has 2 aromatic heterocycles. The summed E-state index contributed by atoms with van der Waals surface area (Å²) in [6.45, 7) is 1.37. The highest BCUT2D eigenvalue weighted by atomic mass is 35.5. The van der Waals surface area contributed by atoms with E-state index in [2.05, 4.69) is 32.4 Å². The third-order valence-corrected chi connectivity index (χ3v) is 4.43. The van der Waals surface area contributed by atoms with Crippen LogP contribution in [0.3, 0.4) is 0 Å². The SMILES string of the molecule is CN=C(NCc1ccccc1-n1cccn1)N(C)Cc1cc(Cl)cn1C. The lowest BCUT2D eigenvalue weighted by Gasteiger charge is -2.23. The molecular formula is C19H23ClN6. The lowest BCUT2D eigenvalue weighted by atomic mass is 10.2. The van der Waals surface area contributed by atoms with Gasteiger partial charge in [-0.3, -0.25) is 4.99 Å². The smallest absolute Gasteiger partial charge is 0.194 e. The van der Waals surface area contributed by atoms with Crippen molar-refractivity contribution in [3.05, 3.63) is 71.3 Å². The minimum atomic E-state index is 0.654. The zero-order chi connectivity index (χ0) is 18.5. The number of aliphatic imine (C=N–C) groups is 1. The summed E-state index contributed by atoms with van der Waals surface area (Å²) in [6.07, 6.45) is 5.63. The van der Waals surface area contributed by atoms with Crippen molar-refractivity contribution in [1.29, 1.82) is 0 Å². The topological polar surface area (TPSA) is 50.4 Å². The summed E-state index contributed by atoms with van der Waals surface area (Å²) in [7, 11) is 5.79. The summed E-state index contributed by atoms with van der Waals surface area (Å²) in [6, 6.07) is 12.1. The fourth-order valence-electron chi connectivity index (χ4n) is 2.90. The van der Waals surface area contributed by atoms with Crippen LogP contribution in [0.15, 0.2) is 60.0 Å². The molecule has 6 nitrogen and oxygen atoms in total. The Bertz CT molecular complexity index is 881. The third-order valence-electron chi connectivity index (χ3n) is 4.23. The number of halogens is 1. The summed E-state index contributed by atoms with van der Waals surface area (Å²) < 4.78 is 3.90. The zero-order valence-corrected chi connectivity index (χ0v) is 16.0. The first-order valence-corrected chi connectivity index (χ1v) is 8.76. The van der Waals surface area contributed by atoms with Crippen molar-refractivity contribution in [2.45, 2.75) is 13.1 Å². The maximum Gasteiger partial charge on any atom is 0.194 e. The largest absolute Gasteiger partial charge is 0.352 e. The van der Waals surface area contributed by atoms with Gasteiger partial charge in [-0.2, -0.15) is 5.10 Å². The third kappa shape index (κ3) is 4.08. The van der Waals surface area contributed by atoms with Crippen LogP contribution in [0.2, 0.25) is 5.02 Å². The van der Waals surface area contributed by atoms with E-state index in [1.165, 1.54) is 0 Å². The summed E-state index contributed by atoms with van der Waals surface area (Å²) >= 11 is 6.08. The molecule has 0 atom stereocenters. The lowest BCUT2D eigenvalue weighted by molar-refractivity contribution is 0.461. The van der Waals surface area contributed by atoms with Gasteiger partial charge in [-0.15, -0.1) is 0 Å². The standard InChI is InChI=1S/C19H23ClN6/c1-21-19(25(3)14-17-11-16(20)13-24(17)2)22-12-15-7-4-5-8-18(15)26-10-6-9-23-26/h4-11,13H,12,14H2,1-3H3,(H,21,22). The Morgan fingerprint density at radius 2 is 2.12 bits per heavy atom.